The molecule has 7 nitrogen and oxygen atoms in total. The van der Waals surface area contributed by atoms with E-state index in [2.05, 4.69) is 5.32 Å². The van der Waals surface area contributed by atoms with Gasteiger partial charge >= 0.3 is 0 Å². The molecule has 0 aliphatic carbocycles. The van der Waals surface area contributed by atoms with Crippen LogP contribution in [0, 0.1) is 5.92 Å². The number of nitrogens with zero attached hydrogens (tertiary/aromatic N) is 1. The van der Waals surface area contributed by atoms with E-state index in [1.54, 1.807) is 17.4 Å². The molecule has 0 radical (unpaired) electrons. The van der Waals surface area contributed by atoms with Crippen molar-refractivity contribution in [2.75, 3.05) is 13.6 Å². The summed E-state index contributed by atoms with van der Waals surface area (Å²) in [7, 11) is 1.55. The molecule has 0 aromatic carbocycles. The van der Waals surface area contributed by atoms with E-state index in [0.717, 1.165) is 19.3 Å². The number of rotatable bonds is 7. The Morgan fingerprint density at radius 3 is 2.67 bits per heavy atom. The maximum atomic E-state index is 12.6. The second kappa shape index (κ2) is 8.61. The van der Waals surface area contributed by atoms with E-state index in [4.69, 9.17) is 5.21 Å². The molecule has 3 N–H and O–H groups in total. The topological polar surface area (TPSA) is 98.7 Å². The molecule has 0 bridgehead atoms. The Morgan fingerprint density at radius 2 is 2.10 bits per heavy atom. The number of hydrogen-bond acceptors (Lipinski definition) is 4. The van der Waals surface area contributed by atoms with Crippen LogP contribution in [0.25, 0.3) is 0 Å². The van der Waals surface area contributed by atoms with Crippen molar-refractivity contribution in [2.45, 2.75) is 51.5 Å². The number of likely N-dealkylation sites (tertiary alicyclic amines) is 1. The van der Waals surface area contributed by atoms with Gasteiger partial charge in [-0.25, -0.2) is 5.48 Å². The lowest BCUT2D eigenvalue weighted by molar-refractivity contribution is -0.144. The average Bonchev–Trinajstić information content (AvgIpc) is 2.98. The Balaban J connectivity index is 2.77. The molecule has 2 atom stereocenters. The van der Waals surface area contributed by atoms with Crippen molar-refractivity contribution in [3.63, 3.8) is 0 Å². The van der Waals surface area contributed by atoms with Crippen molar-refractivity contribution in [3.05, 3.63) is 0 Å². The maximum Gasteiger partial charge on any atom is 0.244 e. The smallest absolute Gasteiger partial charge is 0.244 e. The highest BCUT2D eigenvalue weighted by atomic mass is 16.5. The molecule has 1 aliphatic heterocycles. The number of hydrogen-bond donors (Lipinski definition) is 3. The first kappa shape index (κ1) is 17.4. The number of carbonyl (C=O) groups is 3. The second-order valence-corrected chi connectivity index (χ2v) is 5.38. The molecular formula is C14H25N3O4. The predicted octanol–water partition coefficient (Wildman–Crippen LogP) is 0.425. The summed E-state index contributed by atoms with van der Waals surface area (Å²) < 4.78 is 0. The van der Waals surface area contributed by atoms with Gasteiger partial charge in [-0.3, -0.25) is 19.6 Å². The van der Waals surface area contributed by atoms with Gasteiger partial charge in [-0.1, -0.05) is 19.8 Å². The molecule has 3 amide bonds. The van der Waals surface area contributed by atoms with Gasteiger partial charge in [-0.15, -0.1) is 0 Å². The van der Waals surface area contributed by atoms with Crippen LogP contribution in [0.2, 0.25) is 0 Å². The van der Waals surface area contributed by atoms with Crippen molar-refractivity contribution in [3.8, 4) is 0 Å². The highest BCUT2D eigenvalue weighted by Crippen LogP contribution is 2.24. The van der Waals surface area contributed by atoms with Crippen molar-refractivity contribution < 1.29 is 19.6 Å². The van der Waals surface area contributed by atoms with Gasteiger partial charge in [0.1, 0.15) is 6.04 Å². The van der Waals surface area contributed by atoms with Crippen LogP contribution in [-0.4, -0.2) is 47.5 Å². The Hall–Kier alpha value is -1.63. The largest absolute Gasteiger partial charge is 0.357 e. The molecule has 0 aromatic heterocycles. The van der Waals surface area contributed by atoms with Gasteiger partial charge in [0.15, 0.2) is 0 Å². The lowest BCUT2D eigenvalue weighted by Gasteiger charge is -2.27. The predicted molar refractivity (Wildman–Crippen MR) is 76.4 cm³/mol. The quantitative estimate of drug-likeness (QED) is 0.469. The second-order valence-electron chi connectivity index (χ2n) is 5.38. The molecule has 120 valence electrons. The first-order valence-electron chi connectivity index (χ1n) is 7.50. The molecule has 1 saturated heterocycles. The molecule has 21 heavy (non-hydrogen) atoms. The first-order chi connectivity index (χ1) is 10.0. The lowest BCUT2D eigenvalue weighted by Crippen LogP contribution is -2.47. The minimum atomic E-state index is -0.569. The van der Waals surface area contributed by atoms with E-state index in [0.29, 0.717) is 19.4 Å². The third-order valence-corrected chi connectivity index (χ3v) is 3.90. The highest BCUT2D eigenvalue weighted by molar-refractivity contribution is 5.90. The molecule has 1 heterocycles. The van der Waals surface area contributed by atoms with E-state index in [-0.39, 0.29) is 18.2 Å². The molecular weight excluding hydrogens is 274 g/mol. The van der Waals surface area contributed by atoms with Gasteiger partial charge in [0, 0.05) is 25.9 Å². The monoisotopic (exact) mass is 299 g/mol. The van der Waals surface area contributed by atoms with E-state index in [9.17, 15) is 14.4 Å². The minimum absolute atomic E-state index is 0.0493. The summed E-state index contributed by atoms with van der Waals surface area (Å²) in [5, 5.41) is 11.2. The number of carbonyl (C=O) groups excluding carboxylic acids is 3. The van der Waals surface area contributed by atoms with E-state index >= 15 is 0 Å². The van der Waals surface area contributed by atoms with E-state index in [1.807, 2.05) is 6.92 Å². The molecule has 0 saturated carbocycles. The Kier molecular flexibility index (Phi) is 7.14. The van der Waals surface area contributed by atoms with Crippen LogP contribution in [0.1, 0.15) is 45.4 Å². The average molecular weight is 299 g/mol. The number of hydroxylamine groups is 1. The minimum Gasteiger partial charge on any atom is -0.357 e. The summed E-state index contributed by atoms with van der Waals surface area (Å²) in [6, 6.07) is -0.441. The van der Waals surface area contributed by atoms with E-state index < -0.39 is 17.9 Å². The normalized spacial score (nSPS) is 19.2. The van der Waals surface area contributed by atoms with Crippen LogP contribution in [0.5, 0.6) is 0 Å². The molecule has 1 aliphatic rings. The van der Waals surface area contributed by atoms with Crippen LogP contribution in [0.15, 0.2) is 0 Å². The Morgan fingerprint density at radius 1 is 1.38 bits per heavy atom. The summed E-state index contributed by atoms with van der Waals surface area (Å²) in [6.45, 7) is 2.55. The van der Waals surface area contributed by atoms with Crippen LogP contribution in [0.3, 0.4) is 0 Å². The molecule has 1 rings (SSSR count). The summed E-state index contributed by atoms with van der Waals surface area (Å²) in [5.41, 5.74) is 1.57. The SMILES string of the molecule is CCCC[C@H](CC(=O)NO)C(=O)N1CCC[C@H]1C(=O)NC. The lowest BCUT2D eigenvalue weighted by atomic mass is 9.96. The third kappa shape index (κ3) is 4.70. The highest BCUT2D eigenvalue weighted by Gasteiger charge is 2.36. The molecule has 7 heteroatoms. The van der Waals surface area contributed by atoms with Crippen molar-refractivity contribution in [1.29, 1.82) is 0 Å². The summed E-state index contributed by atoms with van der Waals surface area (Å²) in [6.07, 6.45) is 3.72. The van der Waals surface area contributed by atoms with Gasteiger partial charge in [0.2, 0.25) is 17.7 Å². The zero-order valence-electron chi connectivity index (χ0n) is 12.7. The Labute approximate surface area is 125 Å². The van der Waals surface area contributed by atoms with Gasteiger partial charge in [-0.05, 0) is 19.3 Å². The van der Waals surface area contributed by atoms with Crippen molar-refractivity contribution in [2.24, 2.45) is 5.92 Å². The van der Waals surface area contributed by atoms with Gasteiger partial charge in [0.25, 0.3) is 0 Å². The van der Waals surface area contributed by atoms with Crippen LogP contribution < -0.4 is 10.8 Å². The third-order valence-electron chi connectivity index (χ3n) is 3.90. The van der Waals surface area contributed by atoms with Gasteiger partial charge in [-0.2, -0.15) is 0 Å². The van der Waals surface area contributed by atoms with Crippen molar-refractivity contribution >= 4 is 17.7 Å². The van der Waals surface area contributed by atoms with Gasteiger partial charge < -0.3 is 10.2 Å². The molecule has 0 spiro atoms. The summed E-state index contributed by atoms with van der Waals surface area (Å²) in [4.78, 5) is 37.4. The van der Waals surface area contributed by atoms with Crippen molar-refractivity contribution in [1.82, 2.24) is 15.7 Å². The van der Waals surface area contributed by atoms with E-state index in [1.165, 1.54) is 0 Å². The molecule has 1 fully saturated rings. The first-order valence-corrected chi connectivity index (χ1v) is 7.50. The number of likely N-dealkylation sites (N-methyl/N-ethyl adjacent to an activating group) is 1. The fourth-order valence-electron chi connectivity index (χ4n) is 2.74. The standard InChI is InChI=1S/C14H25N3O4/c1-3-4-6-10(9-12(18)16-21)14(20)17-8-5-7-11(17)13(19)15-2/h10-11,21H,3-9H2,1-2H3,(H,15,19)(H,16,18)/t10-,11+/m1/s1. The zero-order valence-corrected chi connectivity index (χ0v) is 12.7. The van der Waals surface area contributed by atoms with Crippen LogP contribution >= 0.6 is 0 Å². The summed E-state index contributed by atoms with van der Waals surface area (Å²) >= 11 is 0. The number of nitrogens with one attached hydrogen (secondary N) is 2. The van der Waals surface area contributed by atoms with Crippen LogP contribution in [0.4, 0.5) is 0 Å². The van der Waals surface area contributed by atoms with Gasteiger partial charge in [0.05, 0.1) is 0 Å². The number of amides is 3. The maximum absolute atomic E-state index is 12.6. The molecule has 0 unspecified atom stereocenters. The Bertz CT molecular complexity index is 386. The summed E-state index contributed by atoms with van der Waals surface area (Å²) in [5.74, 6) is -1.39. The zero-order chi connectivity index (χ0) is 15.8. The molecule has 0 aromatic rings. The fraction of sp³-hybridized carbons (Fsp3) is 0.786. The van der Waals surface area contributed by atoms with Crippen LogP contribution in [-0.2, 0) is 14.4 Å². The number of unbranched alkanes of at least 4 members (excludes halogenated alkanes) is 1. The fourth-order valence-corrected chi connectivity index (χ4v) is 2.74.